The molecule has 0 heterocycles. The van der Waals surface area contributed by atoms with Gasteiger partial charge in [-0.05, 0) is 12.8 Å². The van der Waals surface area contributed by atoms with Gasteiger partial charge >= 0.3 is 0 Å². The summed E-state index contributed by atoms with van der Waals surface area (Å²) in [5.41, 5.74) is -2.10. The Morgan fingerprint density at radius 2 is 1.71 bits per heavy atom. The van der Waals surface area contributed by atoms with Crippen LogP contribution in [0.5, 0.6) is 0 Å². The molecule has 0 bridgehead atoms. The highest BCUT2D eigenvalue weighted by Gasteiger charge is 2.56. The van der Waals surface area contributed by atoms with Gasteiger partial charge in [-0.3, -0.25) is 14.4 Å². The van der Waals surface area contributed by atoms with Crippen molar-refractivity contribution in [2.45, 2.75) is 51.0 Å². The molecular weight excluding hydrogens is 268 g/mol. The zero-order valence-corrected chi connectivity index (χ0v) is 12.6. The fourth-order valence-corrected chi connectivity index (χ4v) is 2.87. The molecule has 4 heteroatoms. The number of ketones is 3. The Bertz CT molecular complexity index is 452. The van der Waals surface area contributed by atoms with Crippen molar-refractivity contribution in [1.29, 1.82) is 0 Å². The minimum Gasteiger partial charge on any atom is -0.374 e. The lowest BCUT2D eigenvalue weighted by Crippen LogP contribution is -2.60. The topological polar surface area (TPSA) is 71.4 Å². The maximum atomic E-state index is 12.4. The van der Waals surface area contributed by atoms with Crippen molar-refractivity contribution in [3.63, 3.8) is 0 Å². The van der Waals surface area contributed by atoms with Gasteiger partial charge < -0.3 is 5.11 Å². The lowest BCUT2D eigenvalue weighted by molar-refractivity contribution is -0.165. The molecule has 0 aromatic carbocycles. The predicted molar refractivity (Wildman–Crippen MR) is 80.7 cm³/mol. The largest absolute Gasteiger partial charge is 0.374 e. The summed E-state index contributed by atoms with van der Waals surface area (Å²) >= 11 is 0. The Kier molecular flexibility index (Phi) is 6.21. The summed E-state index contributed by atoms with van der Waals surface area (Å²) < 4.78 is 0. The molecule has 0 amide bonds. The first-order valence-corrected chi connectivity index (χ1v) is 7.50. The molecule has 0 saturated heterocycles. The standard InChI is InChI=1S/C17H24O4/c1-4-7-8-10-13-14(18)12(9-5-2)15(19)17(21,11-6-3)16(13)20/h5-6,12-13,21H,2-4,7-11H2,1H3. The maximum absolute atomic E-state index is 12.4. The van der Waals surface area contributed by atoms with E-state index in [0.29, 0.717) is 6.42 Å². The number of unbranched alkanes of at least 4 members (excludes halogenated alkanes) is 2. The first-order chi connectivity index (χ1) is 9.93. The van der Waals surface area contributed by atoms with Gasteiger partial charge in [0.15, 0.2) is 23.0 Å². The molecule has 1 rings (SSSR count). The van der Waals surface area contributed by atoms with Gasteiger partial charge in [0.25, 0.3) is 0 Å². The molecule has 1 aliphatic rings. The summed E-state index contributed by atoms with van der Waals surface area (Å²) in [4.78, 5) is 37.2. The quantitative estimate of drug-likeness (QED) is 0.423. The molecule has 21 heavy (non-hydrogen) atoms. The lowest BCUT2D eigenvalue weighted by atomic mass is 9.66. The van der Waals surface area contributed by atoms with Crippen molar-refractivity contribution in [3.05, 3.63) is 25.3 Å². The second-order valence-corrected chi connectivity index (χ2v) is 5.61. The minimum atomic E-state index is -2.10. The maximum Gasteiger partial charge on any atom is 0.186 e. The van der Waals surface area contributed by atoms with Crippen molar-refractivity contribution >= 4 is 17.3 Å². The van der Waals surface area contributed by atoms with Crippen molar-refractivity contribution < 1.29 is 19.5 Å². The normalized spacial score (nSPS) is 29.5. The smallest absolute Gasteiger partial charge is 0.186 e. The van der Waals surface area contributed by atoms with Gasteiger partial charge in [-0.1, -0.05) is 38.3 Å². The molecular formula is C17H24O4. The van der Waals surface area contributed by atoms with Crippen LogP contribution in [0, 0.1) is 11.8 Å². The summed E-state index contributed by atoms with van der Waals surface area (Å²) in [5, 5.41) is 10.5. The average Bonchev–Trinajstić information content (AvgIpc) is 2.46. The van der Waals surface area contributed by atoms with E-state index in [1.165, 1.54) is 12.2 Å². The van der Waals surface area contributed by atoms with Crippen LogP contribution in [0.15, 0.2) is 25.3 Å². The zero-order chi connectivity index (χ0) is 16.0. The Morgan fingerprint density at radius 1 is 1.10 bits per heavy atom. The van der Waals surface area contributed by atoms with E-state index in [1.807, 2.05) is 6.92 Å². The van der Waals surface area contributed by atoms with Crippen LogP contribution >= 0.6 is 0 Å². The second kappa shape index (κ2) is 7.46. The third-order valence-corrected chi connectivity index (χ3v) is 4.07. The molecule has 1 aliphatic carbocycles. The van der Waals surface area contributed by atoms with E-state index in [0.717, 1.165) is 19.3 Å². The van der Waals surface area contributed by atoms with E-state index in [4.69, 9.17) is 0 Å². The fourth-order valence-electron chi connectivity index (χ4n) is 2.87. The molecule has 0 spiro atoms. The predicted octanol–water partition coefficient (Wildman–Crippen LogP) is 2.40. The monoisotopic (exact) mass is 292 g/mol. The van der Waals surface area contributed by atoms with Gasteiger partial charge in [-0.25, -0.2) is 0 Å². The van der Waals surface area contributed by atoms with Gasteiger partial charge in [-0.15, -0.1) is 13.2 Å². The van der Waals surface area contributed by atoms with E-state index in [-0.39, 0.29) is 18.6 Å². The van der Waals surface area contributed by atoms with E-state index >= 15 is 0 Å². The number of carbonyl (C=O) groups is 3. The molecule has 1 N–H and O–H groups in total. The average molecular weight is 292 g/mol. The molecule has 0 aromatic rings. The highest BCUT2D eigenvalue weighted by Crippen LogP contribution is 2.35. The molecule has 0 aliphatic heterocycles. The molecule has 116 valence electrons. The van der Waals surface area contributed by atoms with Crippen molar-refractivity contribution in [2.24, 2.45) is 11.8 Å². The molecule has 4 nitrogen and oxygen atoms in total. The highest BCUT2D eigenvalue weighted by atomic mass is 16.3. The summed E-state index contributed by atoms with van der Waals surface area (Å²) in [6.07, 6.45) is 5.86. The Morgan fingerprint density at radius 3 is 2.24 bits per heavy atom. The number of aliphatic hydroxyl groups is 1. The van der Waals surface area contributed by atoms with Crippen LogP contribution in [0.1, 0.15) is 45.4 Å². The number of Topliss-reactive ketones (excluding diaryl/α,β-unsaturated/α-hetero) is 3. The minimum absolute atomic E-state index is 0.143. The van der Waals surface area contributed by atoms with Crippen molar-refractivity contribution in [2.75, 3.05) is 0 Å². The van der Waals surface area contributed by atoms with Crippen LogP contribution in [-0.4, -0.2) is 28.1 Å². The summed E-state index contributed by atoms with van der Waals surface area (Å²) in [6, 6.07) is 0. The van der Waals surface area contributed by atoms with Gasteiger partial charge in [0.2, 0.25) is 0 Å². The van der Waals surface area contributed by atoms with Crippen LogP contribution in [0.2, 0.25) is 0 Å². The van der Waals surface area contributed by atoms with Gasteiger partial charge in [0.05, 0.1) is 11.8 Å². The lowest BCUT2D eigenvalue weighted by Gasteiger charge is -2.36. The summed E-state index contributed by atoms with van der Waals surface area (Å²) in [6.45, 7) is 9.07. The number of carbonyl (C=O) groups excluding carboxylic acids is 3. The van der Waals surface area contributed by atoms with Crippen molar-refractivity contribution in [1.82, 2.24) is 0 Å². The molecule has 3 atom stereocenters. The Balaban J connectivity index is 3.09. The molecule has 3 unspecified atom stereocenters. The zero-order valence-electron chi connectivity index (χ0n) is 12.6. The van der Waals surface area contributed by atoms with Gasteiger partial charge in [0, 0.05) is 6.42 Å². The van der Waals surface area contributed by atoms with E-state index in [1.54, 1.807) is 0 Å². The fraction of sp³-hybridized carbons (Fsp3) is 0.588. The van der Waals surface area contributed by atoms with Crippen LogP contribution < -0.4 is 0 Å². The van der Waals surface area contributed by atoms with Gasteiger partial charge in [-0.2, -0.15) is 0 Å². The molecule has 1 saturated carbocycles. The molecule has 0 aromatic heterocycles. The van der Waals surface area contributed by atoms with E-state index in [2.05, 4.69) is 13.2 Å². The number of rotatable bonds is 8. The Labute approximate surface area is 125 Å². The first kappa shape index (κ1) is 17.5. The highest BCUT2D eigenvalue weighted by molar-refractivity contribution is 6.28. The van der Waals surface area contributed by atoms with Crippen LogP contribution in [0.25, 0.3) is 0 Å². The number of allylic oxidation sites excluding steroid dienone is 1. The Hall–Kier alpha value is -1.55. The number of hydrogen-bond acceptors (Lipinski definition) is 4. The molecule has 0 radical (unpaired) electrons. The SMILES string of the molecule is C=CCC1C(=O)C(CCCCC)C(=O)C(O)(CC=C)C1=O. The van der Waals surface area contributed by atoms with Crippen molar-refractivity contribution in [3.8, 4) is 0 Å². The van der Waals surface area contributed by atoms with Crippen LogP contribution in [-0.2, 0) is 14.4 Å². The van der Waals surface area contributed by atoms with E-state index < -0.39 is 29.0 Å². The number of hydrogen-bond donors (Lipinski definition) is 1. The third-order valence-electron chi connectivity index (χ3n) is 4.07. The third kappa shape index (κ3) is 3.38. The first-order valence-electron chi connectivity index (χ1n) is 7.50. The van der Waals surface area contributed by atoms with E-state index in [9.17, 15) is 19.5 Å². The molecule has 1 fully saturated rings. The summed E-state index contributed by atoms with van der Waals surface area (Å²) in [5.74, 6) is -3.58. The van der Waals surface area contributed by atoms with Gasteiger partial charge in [0.1, 0.15) is 0 Å². The van der Waals surface area contributed by atoms with Crippen LogP contribution in [0.3, 0.4) is 0 Å². The summed E-state index contributed by atoms with van der Waals surface area (Å²) in [7, 11) is 0. The second-order valence-electron chi connectivity index (χ2n) is 5.61. The van der Waals surface area contributed by atoms with Crippen LogP contribution in [0.4, 0.5) is 0 Å².